The zero-order valence-electron chi connectivity index (χ0n) is 12.9. The van der Waals surface area contributed by atoms with Crippen LogP contribution in [0, 0.1) is 0 Å². The highest BCUT2D eigenvalue weighted by Crippen LogP contribution is 2.30. The van der Waals surface area contributed by atoms with Gasteiger partial charge in [0.05, 0.1) is 11.6 Å². The van der Waals surface area contributed by atoms with Crippen LogP contribution in [0.25, 0.3) is 0 Å². The number of alkyl halides is 3. The van der Waals surface area contributed by atoms with E-state index in [9.17, 15) is 18.0 Å². The van der Waals surface area contributed by atoms with Crippen LogP contribution in [-0.4, -0.2) is 31.7 Å². The third kappa shape index (κ3) is 6.98. The van der Waals surface area contributed by atoms with E-state index in [2.05, 4.69) is 5.32 Å². The Morgan fingerprint density at radius 2 is 1.96 bits per heavy atom. The van der Waals surface area contributed by atoms with Crippen LogP contribution in [0.3, 0.4) is 0 Å². The van der Waals surface area contributed by atoms with Crippen molar-refractivity contribution in [2.75, 3.05) is 19.0 Å². The lowest BCUT2D eigenvalue weighted by Gasteiger charge is -2.16. The molecule has 0 saturated heterocycles. The van der Waals surface area contributed by atoms with Gasteiger partial charge in [0.15, 0.2) is 0 Å². The van der Waals surface area contributed by atoms with Crippen LogP contribution in [0.4, 0.5) is 18.9 Å². The van der Waals surface area contributed by atoms with Gasteiger partial charge in [-0.05, 0) is 37.5 Å². The molecular weight excluding hydrogens is 311 g/mol. The van der Waals surface area contributed by atoms with Crippen LogP contribution in [0.1, 0.15) is 24.8 Å². The van der Waals surface area contributed by atoms with Gasteiger partial charge in [0.1, 0.15) is 0 Å². The van der Waals surface area contributed by atoms with Crippen molar-refractivity contribution in [1.29, 1.82) is 0 Å². The number of hydrogen-bond donors (Lipinski definition) is 3. The van der Waals surface area contributed by atoms with E-state index < -0.39 is 23.7 Å². The fraction of sp³-hybridized carbons (Fsp3) is 0.533. The summed E-state index contributed by atoms with van der Waals surface area (Å²) < 4.78 is 42.7. The molecule has 0 aliphatic carbocycles. The summed E-state index contributed by atoms with van der Waals surface area (Å²) in [5, 5.41) is 2.39. The second-order valence-electron chi connectivity index (χ2n) is 5.29. The number of benzene rings is 1. The summed E-state index contributed by atoms with van der Waals surface area (Å²) in [6, 6.07) is 3.44. The predicted molar refractivity (Wildman–Crippen MR) is 81.8 cm³/mol. The van der Waals surface area contributed by atoms with Crippen molar-refractivity contribution >= 4 is 11.6 Å². The van der Waals surface area contributed by atoms with Crippen molar-refractivity contribution in [3.05, 3.63) is 29.8 Å². The lowest BCUT2D eigenvalue weighted by molar-refractivity contribution is -0.137. The van der Waals surface area contributed by atoms with Crippen LogP contribution in [-0.2, 0) is 15.7 Å². The number of ether oxygens (including phenoxy) is 1. The van der Waals surface area contributed by atoms with E-state index in [1.807, 2.05) is 0 Å². The molecule has 0 spiro atoms. The Kier molecular flexibility index (Phi) is 7.47. The van der Waals surface area contributed by atoms with Gasteiger partial charge in [-0.3, -0.25) is 4.79 Å². The van der Waals surface area contributed by atoms with Crippen molar-refractivity contribution in [2.24, 2.45) is 11.5 Å². The Labute approximate surface area is 133 Å². The SMILES string of the molecule is COCCC(N)CC[C@H](N)C(=O)Nc1cccc(C(F)(F)F)c1. The molecule has 1 aromatic carbocycles. The average molecular weight is 333 g/mol. The Morgan fingerprint density at radius 3 is 2.57 bits per heavy atom. The van der Waals surface area contributed by atoms with Gasteiger partial charge in [-0.25, -0.2) is 0 Å². The molecule has 0 radical (unpaired) electrons. The quantitative estimate of drug-likeness (QED) is 0.680. The van der Waals surface area contributed by atoms with Crippen LogP contribution in [0.2, 0.25) is 0 Å². The number of amides is 1. The summed E-state index contributed by atoms with van der Waals surface area (Å²) >= 11 is 0. The molecule has 1 rings (SSSR count). The topological polar surface area (TPSA) is 90.4 Å². The van der Waals surface area contributed by atoms with E-state index in [0.717, 1.165) is 12.1 Å². The zero-order valence-corrected chi connectivity index (χ0v) is 12.9. The number of nitrogens with one attached hydrogen (secondary N) is 1. The van der Waals surface area contributed by atoms with Gasteiger partial charge >= 0.3 is 6.18 Å². The Hall–Kier alpha value is -1.64. The molecule has 0 aliphatic rings. The molecule has 2 atom stereocenters. The molecule has 0 bridgehead atoms. The maximum absolute atomic E-state index is 12.6. The summed E-state index contributed by atoms with van der Waals surface area (Å²) in [4.78, 5) is 11.9. The van der Waals surface area contributed by atoms with E-state index in [4.69, 9.17) is 16.2 Å². The largest absolute Gasteiger partial charge is 0.416 e. The molecule has 0 aliphatic heterocycles. The maximum Gasteiger partial charge on any atom is 0.416 e. The highest BCUT2D eigenvalue weighted by atomic mass is 19.4. The second-order valence-corrected chi connectivity index (χ2v) is 5.29. The van der Waals surface area contributed by atoms with E-state index >= 15 is 0 Å². The third-order valence-corrected chi connectivity index (χ3v) is 3.34. The highest BCUT2D eigenvalue weighted by molar-refractivity contribution is 5.94. The standard InChI is InChI=1S/C15H22F3N3O2/c1-23-8-7-11(19)5-6-13(20)14(22)21-12-4-2-3-10(9-12)15(16,17)18/h2-4,9,11,13H,5-8,19-20H2,1H3,(H,21,22)/t11?,13-/m0/s1. The molecule has 8 heteroatoms. The first kappa shape index (κ1) is 19.4. The van der Waals surface area contributed by atoms with Gasteiger partial charge in [0.2, 0.25) is 5.91 Å². The molecule has 0 saturated carbocycles. The van der Waals surface area contributed by atoms with E-state index in [-0.39, 0.29) is 11.7 Å². The first-order valence-electron chi connectivity index (χ1n) is 7.22. The Morgan fingerprint density at radius 1 is 1.26 bits per heavy atom. The van der Waals surface area contributed by atoms with Crippen LogP contribution < -0.4 is 16.8 Å². The normalized spacial score (nSPS) is 14.3. The molecule has 0 fully saturated rings. The minimum Gasteiger partial charge on any atom is -0.385 e. The van der Waals surface area contributed by atoms with Crippen LogP contribution in [0.15, 0.2) is 24.3 Å². The van der Waals surface area contributed by atoms with Gasteiger partial charge in [-0.15, -0.1) is 0 Å². The minimum absolute atomic E-state index is 0.0592. The molecule has 1 aromatic rings. The first-order chi connectivity index (χ1) is 10.7. The molecule has 5 nitrogen and oxygen atoms in total. The van der Waals surface area contributed by atoms with Crippen molar-refractivity contribution in [3.8, 4) is 0 Å². The number of nitrogens with two attached hydrogens (primary N) is 2. The van der Waals surface area contributed by atoms with Gasteiger partial charge < -0.3 is 21.5 Å². The summed E-state index contributed by atoms with van der Waals surface area (Å²) in [5.41, 5.74) is 10.8. The fourth-order valence-electron chi connectivity index (χ4n) is 1.95. The van der Waals surface area contributed by atoms with Gasteiger partial charge in [0, 0.05) is 25.4 Å². The lowest BCUT2D eigenvalue weighted by Crippen LogP contribution is -2.37. The van der Waals surface area contributed by atoms with Crippen molar-refractivity contribution in [1.82, 2.24) is 0 Å². The van der Waals surface area contributed by atoms with Gasteiger partial charge in [-0.1, -0.05) is 6.07 Å². The highest BCUT2D eigenvalue weighted by Gasteiger charge is 2.30. The van der Waals surface area contributed by atoms with E-state index in [0.29, 0.717) is 25.9 Å². The second kappa shape index (κ2) is 8.85. The summed E-state index contributed by atoms with van der Waals surface area (Å²) in [6.07, 6.45) is -2.94. The van der Waals surface area contributed by atoms with Gasteiger partial charge in [0.25, 0.3) is 0 Å². The number of anilines is 1. The molecule has 0 aromatic heterocycles. The lowest BCUT2D eigenvalue weighted by atomic mass is 10.0. The molecule has 1 amide bonds. The first-order valence-corrected chi connectivity index (χ1v) is 7.22. The van der Waals surface area contributed by atoms with E-state index in [1.165, 1.54) is 12.1 Å². The number of halogens is 3. The van der Waals surface area contributed by atoms with Gasteiger partial charge in [-0.2, -0.15) is 13.2 Å². The number of methoxy groups -OCH3 is 1. The molecule has 1 unspecified atom stereocenters. The van der Waals surface area contributed by atoms with Crippen molar-refractivity contribution in [3.63, 3.8) is 0 Å². The average Bonchev–Trinajstić information content (AvgIpc) is 2.49. The van der Waals surface area contributed by atoms with Crippen molar-refractivity contribution < 1.29 is 22.7 Å². The molecule has 23 heavy (non-hydrogen) atoms. The fourth-order valence-corrected chi connectivity index (χ4v) is 1.95. The zero-order chi connectivity index (χ0) is 17.5. The Bertz CT molecular complexity index is 509. The number of hydrogen-bond acceptors (Lipinski definition) is 4. The number of carbonyl (C=O) groups excluding carboxylic acids is 1. The molecule has 5 N–H and O–H groups in total. The minimum atomic E-state index is -4.46. The van der Waals surface area contributed by atoms with Crippen molar-refractivity contribution in [2.45, 2.75) is 37.5 Å². The molecular formula is C15H22F3N3O2. The number of carbonyl (C=O) groups is 1. The maximum atomic E-state index is 12.6. The number of rotatable bonds is 8. The summed E-state index contributed by atoms with van der Waals surface area (Å²) in [5.74, 6) is -0.539. The molecule has 0 heterocycles. The summed E-state index contributed by atoms with van der Waals surface area (Å²) in [7, 11) is 1.57. The van der Waals surface area contributed by atoms with Crippen LogP contribution >= 0.6 is 0 Å². The van der Waals surface area contributed by atoms with Crippen LogP contribution in [0.5, 0.6) is 0 Å². The third-order valence-electron chi connectivity index (χ3n) is 3.34. The smallest absolute Gasteiger partial charge is 0.385 e. The predicted octanol–water partition coefficient (Wildman–Crippen LogP) is 2.12. The monoisotopic (exact) mass is 333 g/mol. The van der Waals surface area contributed by atoms with E-state index in [1.54, 1.807) is 7.11 Å². The Balaban J connectivity index is 2.52. The molecule has 130 valence electrons. The summed E-state index contributed by atoms with van der Waals surface area (Å²) in [6.45, 7) is 0.521.